The summed E-state index contributed by atoms with van der Waals surface area (Å²) in [6, 6.07) is 10.3. The highest BCUT2D eigenvalue weighted by molar-refractivity contribution is 8.00. The molecule has 2 atom stereocenters. The van der Waals surface area contributed by atoms with Crippen molar-refractivity contribution < 1.29 is 8.78 Å². The quantitative estimate of drug-likeness (QED) is 0.791. The molecule has 9 heteroatoms. The molecule has 1 aliphatic rings. The number of benzene rings is 1. The number of nitrogen functional groups attached to an aromatic ring is 2. The fraction of sp³-hybridized carbons (Fsp3) is 0.133. The standard InChI is InChI=1S/C15H10ClF2N5S/c16-15(18)11-9(13(20)23-14(21)22-11)10(17)8(6-19)12(15)24-7-4-2-1-3-5-7/h1-5,12H,(H4,20,21,22,23). The molecule has 2 aromatic rings. The Morgan fingerprint density at radius 2 is 1.92 bits per heavy atom. The second-order valence-corrected chi connectivity index (χ2v) is 6.69. The third kappa shape index (κ3) is 2.56. The predicted octanol–water partition coefficient (Wildman–Crippen LogP) is 3.38. The number of fused-ring (bicyclic) bond motifs is 1. The van der Waals surface area contributed by atoms with Crippen molar-refractivity contribution in [3.05, 3.63) is 47.2 Å². The van der Waals surface area contributed by atoms with Crippen molar-refractivity contribution in [2.75, 3.05) is 11.5 Å². The van der Waals surface area contributed by atoms with E-state index in [1.54, 1.807) is 36.4 Å². The lowest BCUT2D eigenvalue weighted by Crippen LogP contribution is -2.35. The molecule has 3 rings (SSSR count). The minimum Gasteiger partial charge on any atom is -0.383 e. The third-order valence-electron chi connectivity index (χ3n) is 3.44. The molecule has 122 valence electrons. The Hall–Kier alpha value is -2.37. The average Bonchev–Trinajstić information content (AvgIpc) is 2.53. The molecule has 0 bridgehead atoms. The van der Waals surface area contributed by atoms with Crippen LogP contribution in [0.3, 0.4) is 0 Å². The van der Waals surface area contributed by atoms with Crippen molar-refractivity contribution in [1.29, 1.82) is 5.26 Å². The van der Waals surface area contributed by atoms with E-state index >= 15 is 4.39 Å². The van der Waals surface area contributed by atoms with Gasteiger partial charge in [0.1, 0.15) is 16.8 Å². The first-order valence-corrected chi connectivity index (χ1v) is 7.95. The van der Waals surface area contributed by atoms with E-state index < -0.39 is 33.0 Å². The summed E-state index contributed by atoms with van der Waals surface area (Å²) in [5.41, 5.74) is 9.73. The van der Waals surface area contributed by atoms with Crippen LogP contribution in [0.4, 0.5) is 20.5 Å². The second kappa shape index (κ2) is 5.92. The van der Waals surface area contributed by atoms with Gasteiger partial charge >= 0.3 is 0 Å². The van der Waals surface area contributed by atoms with Gasteiger partial charge in [0.15, 0.2) is 5.83 Å². The monoisotopic (exact) mass is 365 g/mol. The highest BCUT2D eigenvalue weighted by Crippen LogP contribution is 2.53. The number of rotatable bonds is 2. The molecule has 0 aliphatic heterocycles. The Morgan fingerprint density at radius 1 is 1.25 bits per heavy atom. The SMILES string of the molecule is N#CC1=C(F)c2c(N)nc(N)nc2C(F)(Cl)C1Sc1ccccc1. The molecule has 2 unspecified atom stereocenters. The predicted molar refractivity (Wildman–Crippen MR) is 89.2 cm³/mol. The maximum Gasteiger partial charge on any atom is 0.243 e. The Labute approximate surface area is 145 Å². The summed E-state index contributed by atoms with van der Waals surface area (Å²) in [6.07, 6.45) is 0. The summed E-state index contributed by atoms with van der Waals surface area (Å²) < 4.78 is 30.1. The molecule has 24 heavy (non-hydrogen) atoms. The third-order valence-corrected chi connectivity index (χ3v) is 5.30. The molecule has 0 saturated carbocycles. The van der Waals surface area contributed by atoms with Gasteiger partial charge in [0.25, 0.3) is 0 Å². The first-order chi connectivity index (χ1) is 11.4. The maximum absolute atomic E-state index is 15.4. The summed E-state index contributed by atoms with van der Waals surface area (Å²) in [5, 5.41) is 5.29. The van der Waals surface area contributed by atoms with Gasteiger partial charge in [0.2, 0.25) is 11.1 Å². The summed E-state index contributed by atoms with van der Waals surface area (Å²) in [4.78, 5) is 7.95. The van der Waals surface area contributed by atoms with E-state index in [1.165, 1.54) is 0 Å². The minimum absolute atomic E-state index is 0.328. The lowest BCUT2D eigenvalue weighted by Gasteiger charge is -2.32. The maximum atomic E-state index is 15.4. The molecule has 1 aromatic carbocycles. The molecular weight excluding hydrogens is 356 g/mol. The van der Waals surface area contributed by atoms with Crippen molar-refractivity contribution in [2.24, 2.45) is 0 Å². The topological polar surface area (TPSA) is 102 Å². The molecule has 5 nitrogen and oxygen atoms in total. The van der Waals surface area contributed by atoms with Crippen molar-refractivity contribution in [3.8, 4) is 6.07 Å². The van der Waals surface area contributed by atoms with Crippen LogP contribution in [-0.2, 0) is 5.13 Å². The van der Waals surface area contributed by atoms with Gasteiger partial charge in [-0.05, 0) is 12.1 Å². The van der Waals surface area contributed by atoms with Gasteiger partial charge in [-0.3, -0.25) is 0 Å². The first kappa shape index (κ1) is 16.5. The van der Waals surface area contributed by atoms with Gasteiger partial charge in [0, 0.05) is 4.90 Å². The van der Waals surface area contributed by atoms with Gasteiger partial charge in [-0.25, -0.2) is 13.8 Å². The van der Waals surface area contributed by atoms with Gasteiger partial charge in [-0.15, -0.1) is 11.8 Å². The lowest BCUT2D eigenvalue weighted by molar-refractivity contribution is 0.279. The number of nitriles is 1. The van der Waals surface area contributed by atoms with Crippen LogP contribution in [0.2, 0.25) is 0 Å². The summed E-state index contributed by atoms with van der Waals surface area (Å²) in [7, 11) is 0. The van der Waals surface area contributed by atoms with Crippen LogP contribution < -0.4 is 11.5 Å². The smallest absolute Gasteiger partial charge is 0.243 e. The van der Waals surface area contributed by atoms with E-state index in [1.807, 2.05) is 0 Å². The highest BCUT2D eigenvalue weighted by atomic mass is 35.5. The van der Waals surface area contributed by atoms with Crippen LogP contribution >= 0.6 is 23.4 Å². The summed E-state index contributed by atoms with van der Waals surface area (Å²) in [6.45, 7) is 0. The number of hydrogen-bond acceptors (Lipinski definition) is 6. The number of alkyl halides is 2. The largest absolute Gasteiger partial charge is 0.383 e. The number of anilines is 2. The highest BCUT2D eigenvalue weighted by Gasteiger charge is 2.51. The molecule has 0 saturated heterocycles. The zero-order chi connectivity index (χ0) is 17.5. The molecule has 0 amide bonds. The zero-order valence-corrected chi connectivity index (χ0v) is 13.6. The van der Waals surface area contributed by atoms with Crippen molar-refractivity contribution in [3.63, 3.8) is 0 Å². The van der Waals surface area contributed by atoms with Crippen LogP contribution in [0.1, 0.15) is 11.3 Å². The molecule has 4 N–H and O–H groups in total. The second-order valence-electron chi connectivity index (χ2n) is 4.96. The summed E-state index contributed by atoms with van der Waals surface area (Å²) >= 11 is 6.97. The van der Waals surface area contributed by atoms with Gasteiger partial charge in [-0.2, -0.15) is 10.2 Å². The van der Waals surface area contributed by atoms with Crippen LogP contribution in [0.15, 0.2) is 40.8 Å². The first-order valence-electron chi connectivity index (χ1n) is 6.69. The Morgan fingerprint density at radius 3 is 2.54 bits per heavy atom. The van der Waals surface area contributed by atoms with Crippen molar-refractivity contribution >= 4 is 41.0 Å². The fourth-order valence-electron chi connectivity index (χ4n) is 2.38. The normalized spacial score (nSPS) is 22.8. The van der Waals surface area contributed by atoms with E-state index in [9.17, 15) is 9.65 Å². The van der Waals surface area contributed by atoms with E-state index in [0.29, 0.717) is 4.90 Å². The number of thioether (sulfide) groups is 1. The van der Waals surface area contributed by atoms with E-state index in [-0.39, 0.29) is 11.8 Å². The van der Waals surface area contributed by atoms with Gasteiger partial charge < -0.3 is 11.5 Å². The minimum atomic E-state index is -2.68. The van der Waals surface area contributed by atoms with Crippen LogP contribution in [0, 0.1) is 11.3 Å². The molecule has 0 fully saturated rings. The molecule has 0 spiro atoms. The number of hydrogen-bond donors (Lipinski definition) is 2. The zero-order valence-electron chi connectivity index (χ0n) is 12.0. The lowest BCUT2D eigenvalue weighted by atomic mass is 9.93. The van der Waals surface area contributed by atoms with Crippen LogP contribution in [0.5, 0.6) is 0 Å². The molecule has 1 aromatic heterocycles. The average molecular weight is 366 g/mol. The molecular formula is C15H10ClF2N5S. The molecule has 1 aliphatic carbocycles. The van der Waals surface area contributed by atoms with Crippen LogP contribution in [-0.4, -0.2) is 15.2 Å². The van der Waals surface area contributed by atoms with Crippen LogP contribution in [0.25, 0.3) is 5.83 Å². The van der Waals surface area contributed by atoms with Crippen molar-refractivity contribution in [2.45, 2.75) is 15.3 Å². The molecule has 1 heterocycles. The Bertz CT molecular complexity index is 879. The fourth-order valence-corrected chi connectivity index (χ4v) is 3.88. The Kier molecular flexibility index (Phi) is 4.07. The number of halogens is 3. The van der Waals surface area contributed by atoms with E-state index in [2.05, 4.69) is 9.97 Å². The summed E-state index contributed by atoms with van der Waals surface area (Å²) in [5.74, 6) is -1.69. The van der Waals surface area contributed by atoms with Gasteiger partial charge in [-0.1, -0.05) is 29.8 Å². The Balaban J connectivity index is 2.21. The number of aromatic nitrogens is 2. The van der Waals surface area contributed by atoms with Crippen molar-refractivity contribution in [1.82, 2.24) is 9.97 Å². The van der Waals surface area contributed by atoms with E-state index in [0.717, 1.165) is 11.8 Å². The molecule has 0 radical (unpaired) electrons. The number of nitrogens with zero attached hydrogens (tertiary/aromatic N) is 3. The van der Waals surface area contributed by atoms with E-state index in [4.69, 9.17) is 23.1 Å². The number of nitrogens with two attached hydrogens (primary N) is 2. The van der Waals surface area contributed by atoms with Gasteiger partial charge in [0.05, 0.1) is 17.2 Å².